The van der Waals surface area contributed by atoms with Gasteiger partial charge >= 0.3 is 0 Å². The van der Waals surface area contributed by atoms with Gasteiger partial charge in [-0.25, -0.2) is 0 Å². The largest absolute Gasteiger partial charge is 0.496 e. The second kappa shape index (κ2) is 7.58. The highest BCUT2D eigenvalue weighted by molar-refractivity contribution is 5.79. The summed E-state index contributed by atoms with van der Waals surface area (Å²) in [7, 11) is 1.56. The summed E-state index contributed by atoms with van der Waals surface area (Å²) in [5.41, 5.74) is 2.32. The third-order valence-electron chi connectivity index (χ3n) is 4.02. The van der Waals surface area contributed by atoms with Crippen molar-refractivity contribution < 1.29 is 9.47 Å². The Morgan fingerprint density at radius 2 is 1.81 bits per heavy atom. The second-order valence-corrected chi connectivity index (χ2v) is 5.57. The van der Waals surface area contributed by atoms with Gasteiger partial charge in [0.25, 0.3) is 5.56 Å². The fourth-order valence-corrected chi connectivity index (χ4v) is 2.80. The maximum Gasteiger partial charge on any atom is 0.266 e. The summed E-state index contributed by atoms with van der Waals surface area (Å²) in [6.45, 7) is 2.51. The highest BCUT2D eigenvalue weighted by Crippen LogP contribution is 2.33. The number of nitrogens with one attached hydrogen (secondary N) is 1. The van der Waals surface area contributed by atoms with Crippen molar-refractivity contribution in [1.29, 1.82) is 5.26 Å². The number of H-pyrrole nitrogens is 1. The van der Waals surface area contributed by atoms with Crippen LogP contribution >= 0.6 is 0 Å². The van der Waals surface area contributed by atoms with Crippen LogP contribution in [0, 0.1) is 11.3 Å². The topological polar surface area (TPSA) is 75.1 Å². The van der Waals surface area contributed by atoms with E-state index in [1.165, 1.54) is 0 Å². The minimum absolute atomic E-state index is 0.0594. The van der Waals surface area contributed by atoms with E-state index in [-0.39, 0.29) is 5.56 Å². The third-order valence-corrected chi connectivity index (χ3v) is 4.02. The lowest BCUT2D eigenvalue weighted by molar-refractivity contribution is 0.340. The number of hydrogen-bond acceptors (Lipinski definition) is 4. The molecule has 0 amide bonds. The van der Waals surface area contributed by atoms with Gasteiger partial charge < -0.3 is 14.5 Å². The summed E-state index contributed by atoms with van der Waals surface area (Å²) in [5, 5.41) is 9.45. The Morgan fingerprint density at radius 3 is 2.46 bits per heavy atom. The molecule has 5 nitrogen and oxygen atoms in total. The van der Waals surface area contributed by atoms with E-state index in [1.807, 2.05) is 55.5 Å². The van der Waals surface area contributed by atoms with Crippen molar-refractivity contribution in [2.45, 2.75) is 6.92 Å². The first-order valence-corrected chi connectivity index (χ1v) is 8.22. The van der Waals surface area contributed by atoms with Gasteiger partial charge in [0.15, 0.2) is 0 Å². The molecule has 0 radical (unpaired) electrons. The number of aromatic amines is 1. The van der Waals surface area contributed by atoms with E-state index in [0.717, 1.165) is 11.3 Å². The van der Waals surface area contributed by atoms with Crippen LogP contribution in [-0.2, 0) is 0 Å². The Hall–Kier alpha value is -3.52. The van der Waals surface area contributed by atoms with Gasteiger partial charge in [0.1, 0.15) is 23.1 Å². The molecule has 0 unspecified atom stereocenters. The average molecular weight is 346 g/mol. The molecule has 5 heteroatoms. The van der Waals surface area contributed by atoms with Crippen LogP contribution < -0.4 is 15.0 Å². The Kier molecular flexibility index (Phi) is 5.04. The summed E-state index contributed by atoms with van der Waals surface area (Å²) in [5.74, 6) is 1.37. The van der Waals surface area contributed by atoms with E-state index in [9.17, 15) is 10.1 Å². The van der Waals surface area contributed by atoms with Crippen LogP contribution in [0.15, 0.2) is 59.4 Å². The second-order valence-electron chi connectivity index (χ2n) is 5.57. The van der Waals surface area contributed by atoms with Gasteiger partial charge in [0.2, 0.25) is 0 Å². The summed E-state index contributed by atoms with van der Waals surface area (Å²) in [4.78, 5) is 15.2. The van der Waals surface area contributed by atoms with Gasteiger partial charge in [-0.15, -0.1) is 0 Å². The normalized spacial score (nSPS) is 10.2. The molecule has 0 fully saturated rings. The smallest absolute Gasteiger partial charge is 0.266 e. The van der Waals surface area contributed by atoms with Crippen molar-refractivity contribution in [2.24, 2.45) is 0 Å². The number of methoxy groups -OCH3 is 1. The highest BCUT2D eigenvalue weighted by atomic mass is 16.5. The quantitative estimate of drug-likeness (QED) is 0.758. The predicted molar refractivity (Wildman–Crippen MR) is 100 cm³/mol. The molecular formula is C21H18N2O3. The molecule has 1 N–H and O–H groups in total. The van der Waals surface area contributed by atoms with Gasteiger partial charge in [-0.3, -0.25) is 4.79 Å². The van der Waals surface area contributed by atoms with E-state index in [0.29, 0.717) is 29.2 Å². The monoisotopic (exact) mass is 346 g/mol. The van der Waals surface area contributed by atoms with Gasteiger partial charge in [-0.2, -0.15) is 5.26 Å². The number of ether oxygens (including phenoxy) is 2. The van der Waals surface area contributed by atoms with Crippen LogP contribution in [0.2, 0.25) is 0 Å². The van der Waals surface area contributed by atoms with E-state index in [2.05, 4.69) is 4.98 Å². The standard InChI is InChI=1S/C21H18N2O3/c1-3-26-15-10-8-14(9-11-15)19-12-17(18(13-22)21(24)23-19)16-6-4-5-7-20(16)25-2/h4-12H,3H2,1-2H3,(H,23,24). The van der Waals surface area contributed by atoms with Crippen LogP contribution in [-0.4, -0.2) is 18.7 Å². The minimum Gasteiger partial charge on any atom is -0.496 e. The molecule has 1 heterocycles. The number of hydrogen-bond donors (Lipinski definition) is 1. The molecule has 0 aliphatic heterocycles. The van der Waals surface area contributed by atoms with Crippen molar-refractivity contribution in [3.05, 3.63) is 70.5 Å². The third kappa shape index (κ3) is 3.31. The molecule has 3 rings (SSSR count). The molecule has 0 saturated carbocycles. The Bertz CT molecular complexity index is 1010. The van der Waals surface area contributed by atoms with Gasteiger partial charge in [-0.05, 0) is 48.9 Å². The van der Waals surface area contributed by atoms with Crippen molar-refractivity contribution >= 4 is 0 Å². The number of aromatic nitrogens is 1. The molecule has 2 aromatic carbocycles. The van der Waals surface area contributed by atoms with Crippen molar-refractivity contribution in [2.75, 3.05) is 13.7 Å². The zero-order chi connectivity index (χ0) is 18.5. The first-order valence-electron chi connectivity index (χ1n) is 8.22. The lowest BCUT2D eigenvalue weighted by atomic mass is 9.98. The summed E-state index contributed by atoms with van der Waals surface area (Å²) in [6.07, 6.45) is 0. The molecule has 0 atom stereocenters. The SMILES string of the molecule is CCOc1ccc(-c2cc(-c3ccccc3OC)c(C#N)c(=O)[nH]2)cc1. The molecule has 0 spiro atoms. The number of para-hydroxylation sites is 1. The minimum atomic E-state index is -0.431. The molecule has 0 saturated heterocycles. The fraction of sp³-hybridized carbons (Fsp3) is 0.143. The van der Waals surface area contributed by atoms with E-state index < -0.39 is 5.56 Å². The number of pyridine rings is 1. The molecule has 130 valence electrons. The molecule has 0 aliphatic carbocycles. The maximum absolute atomic E-state index is 12.5. The number of benzene rings is 2. The van der Waals surface area contributed by atoms with Crippen LogP contribution in [0.5, 0.6) is 11.5 Å². The Morgan fingerprint density at radius 1 is 1.08 bits per heavy atom. The lowest BCUT2D eigenvalue weighted by Crippen LogP contribution is -2.13. The summed E-state index contributed by atoms with van der Waals surface area (Å²) < 4.78 is 10.8. The van der Waals surface area contributed by atoms with Gasteiger partial charge in [-0.1, -0.05) is 18.2 Å². The summed E-state index contributed by atoms with van der Waals surface area (Å²) in [6, 6.07) is 18.5. The lowest BCUT2D eigenvalue weighted by Gasteiger charge is -2.12. The zero-order valence-electron chi connectivity index (χ0n) is 14.6. The number of nitriles is 1. The fourth-order valence-electron chi connectivity index (χ4n) is 2.80. The van der Waals surface area contributed by atoms with Gasteiger partial charge in [0.05, 0.1) is 13.7 Å². The van der Waals surface area contributed by atoms with Crippen molar-refractivity contribution in [1.82, 2.24) is 4.98 Å². The molecule has 0 aliphatic rings. The van der Waals surface area contributed by atoms with E-state index >= 15 is 0 Å². The zero-order valence-corrected chi connectivity index (χ0v) is 14.6. The average Bonchev–Trinajstić information content (AvgIpc) is 2.68. The summed E-state index contributed by atoms with van der Waals surface area (Å²) >= 11 is 0. The molecular weight excluding hydrogens is 328 g/mol. The molecule has 1 aromatic heterocycles. The molecule has 0 bridgehead atoms. The van der Waals surface area contributed by atoms with Crippen molar-refractivity contribution in [3.8, 4) is 40.0 Å². The van der Waals surface area contributed by atoms with Crippen LogP contribution in [0.1, 0.15) is 12.5 Å². The van der Waals surface area contributed by atoms with Crippen molar-refractivity contribution in [3.63, 3.8) is 0 Å². The van der Waals surface area contributed by atoms with Crippen LogP contribution in [0.25, 0.3) is 22.4 Å². The Balaban J connectivity index is 2.17. The molecule has 26 heavy (non-hydrogen) atoms. The van der Waals surface area contributed by atoms with Crippen LogP contribution in [0.3, 0.4) is 0 Å². The number of nitrogens with zero attached hydrogens (tertiary/aromatic N) is 1. The Labute approximate surface area is 151 Å². The van der Waals surface area contributed by atoms with Gasteiger partial charge in [0, 0.05) is 16.8 Å². The highest BCUT2D eigenvalue weighted by Gasteiger charge is 2.15. The van der Waals surface area contributed by atoms with E-state index in [1.54, 1.807) is 19.2 Å². The first-order chi connectivity index (χ1) is 12.7. The molecule has 3 aromatic rings. The van der Waals surface area contributed by atoms with Crippen LogP contribution in [0.4, 0.5) is 0 Å². The van der Waals surface area contributed by atoms with E-state index in [4.69, 9.17) is 9.47 Å². The first kappa shape index (κ1) is 17.3. The maximum atomic E-state index is 12.5. The number of rotatable bonds is 5. The predicted octanol–water partition coefficient (Wildman–Crippen LogP) is 3.99.